The van der Waals surface area contributed by atoms with Crippen molar-refractivity contribution in [2.24, 2.45) is 0 Å². The third kappa shape index (κ3) is 9.28. The van der Waals surface area contributed by atoms with Gasteiger partial charge in [-0.15, -0.1) is 0 Å². The van der Waals surface area contributed by atoms with E-state index in [0.29, 0.717) is 6.42 Å². The first kappa shape index (κ1) is 18.7. The summed E-state index contributed by atoms with van der Waals surface area (Å²) in [6.07, 6.45) is 10.5. The van der Waals surface area contributed by atoms with Crippen molar-refractivity contribution in [1.82, 2.24) is 0 Å². The molecule has 0 radical (unpaired) electrons. The maximum absolute atomic E-state index is 11.2. The van der Waals surface area contributed by atoms with E-state index in [1.807, 2.05) is 0 Å². The van der Waals surface area contributed by atoms with Crippen LogP contribution in [-0.2, 0) is 9.59 Å². The lowest BCUT2D eigenvalue weighted by atomic mass is 10.0. The lowest BCUT2D eigenvalue weighted by molar-refractivity contribution is -0.149. The maximum Gasteiger partial charge on any atom is 0.375 e. The van der Waals surface area contributed by atoms with Crippen molar-refractivity contribution in [3.8, 4) is 0 Å². The fourth-order valence-corrected chi connectivity index (χ4v) is 2.36. The summed E-state index contributed by atoms with van der Waals surface area (Å²) < 4.78 is -1.77. The van der Waals surface area contributed by atoms with Crippen molar-refractivity contribution in [3.63, 3.8) is 0 Å². The Balaban J connectivity index is 3.53. The maximum atomic E-state index is 11.2. The van der Waals surface area contributed by atoms with E-state index >= 15 is 0 Å². The van der Waals surface area contributed by atoms with E-state index in [4.69, 9.17) is 28.3 Å². The molecule has 0 saturated carbocycles. The molecule has 0 aromatic heterocycles. The third-order valence-corrected chi connectivity index (χ3v) is 3.84. The van der Waals surface area contributed by atoms with Crippen molar-refractivity contribution in [1.29, 1.82) is 0 Å². The molecule has 0 aliphatic carbocycles. The number of hydrogen-bond acceptors (Lipinski definition) is 2. The number of carbonyl (C=O) groups is 2. The van der Waals surface area contributed by atoms with E-state index in [1.165, 1.54) is 38.5 Å². The third-order valence-electron chi connectivity index (χ3n) is 3.12. The van der Waals surface area contributed by atoms with Crippen molar-refractivity contribution < 1.29 is 14.7 Å². The van der Waals surface area contributed by atoms with Crippen LogP contribution in [0.5, 0.6) is 0 Å². The van der Waals surface area contributed by atoms with Crippen LogP contribution < -0.4 is 0 Å². The van der Waals surface area contributed by atoms with Crippen molar-refractivity contribution >= 4 is 35.0 Å². The molecule has 0 amide bonds. The molecule has 0 spiro atoms. The van der Waals surface area contributed by atoms with Gasteiger partial charge in [-0.3, -0.25) is 4.79 Å². The normalized spacial score (nSPS) is 11.5. The average molecular weight is 311 g/mol. The van der Waals surface area contributed by atoms with Crippen LogP contribution >= 0.6 is 23.2 Å². The topological polar surface area (TPSA) is 54.4 Å². The van der Waals surface area contributed by atoms with Gasteiger partial charge in [0.25, 0.3) is 5.78 Å². The Hall–Kier alpha value is -0.280. The summed E-state index contributed by atoms with van der Waals surface area (Å²) in [4.78, 5) is 21.7. The number of halogens is 2. The Bertz CT molecular complexity index is 278. The first-order chi connectivity index (χ1) is 8.91. The summed E-state index contributed by atoms with van der Waals surface area (Å²) in [5.41, 5.74) is 0. The molecule has 0 rings (SSSR count). The van der Waals surface area contributed by atoms with Gasteiger partial charge in [-0.05, 0) is 12.8 Å². The van der Waals surface area contributed by atoms with Gasteiger partial charge >= 0.3 is 5.97 Å². The van der Waals surface area contributed by atoms with Crippen LogP contribution in [0.2, 0.25) is 0 Å². The quantitative estimate of drug-likeness (QED) is 0.322. The highest BCUT2D eigenvalue weighted by Gasteiger charge is 2.37. The Morgan fingerprint density at radius 1 is 0.895 bits per heavy atom. The van der Waals surface area contributed by atoms with Crippen LogP contribution in [0, 0.1) is 0 Å². The van der Waals surface area contributed by atoms with Crippen LogP contribution in [0.15, 0.2) is 0 Å². The highest BCUT2D eigenvalue weighted by molar-refractivity contribution is 6.66. The number of hydrogen-bond donors (Lipinski definition) is 1. The van der Waals surface area contributed by atoms with Crippen molar-refractivity contribution in [2.45, 2.75) is 75.5 Å². The van der Waals surface area contributed by atoms with Crippen LogP contribution in [0.4, 0.5) is 0 Å². The molecule has 0 saturated heterocycles. The Morgan fingerprint density at radius 2 is 1.32 bits per heavy atom. The highest BCUT2D eigenvalue weighted by atomic mass is 35.5. The van der Waals surface area contributed by atoms with Crippen LogP contribution in [0.1, 0.15) is 71.1 Å². The lowest BCUT2D eigenvalue weighted by Crippen LogP contribution is -2.32. The molecule has 0 aromatic rings. The zero-order valence-electron chi connectivity index (χ0n) is 11.6. The van der Waals surface area contributed by atoms with Crippen LogP contribution in [-0.4, -0.2) is 21.2 Å². The monoisotopic (exact) mass is 310 g/mol. The molecule has 19 heavy (non-hydrogen) atoms. The molecule has 1 N–H and O–H groups in total. The lowest BCUT2D eigenvalue weighted by Gasteiger charge is -2.14. The number of rotatable bonds is 12. The Kier molecular flexibility index (Phi) is 10.3. The number of carboxylic acid groups (broad SMARTS) is 1. The van der Waals surface area contributed by atoms with E-state index in [0.717, 1.165) is 12.8 Å². The van der Waals surface area contributed by atoms with Crippen LogP contribution in [0.25, 0.3) is 0 Å². The molecular formula is C14H24Cl2O3. The first-order valence-corrected chi connectivity index (χ1v) is 7.83. The smallest absolute Gasteiger partial charge is 0.375 e. The van der Waals surface area contributed by atoms with Gasteiger partial charge in [0.15, 0.2) is 4.33 Å². The molecule has 0 atom stereocenters. The molecule has 112 valence electrons. The predicted octanol–water partition coefficient (Wildman–Crippen LogP) is 4.73. The second-order valence-corrected chi connectivity index (χ2v) is 6.40. The molecule has 5 heteroatoms. The summed E-state index contributed by atoms with van der Waals surface area (Å²) in [5, 5.41) is 8.54. The SMILES string of the molecule is CCCCCCCCCCCC(Cl)(Cl)C(=O)C(=O)O. The van der Waals surface area contributed by atoms with E-state index < -0.39 is 16.1 Å². The molecule has 0 aliphatic heterocycles. The van der Waals surface area contributed by atoms with E-state index in [9.17, 15) is 9.59 Å². The summed E-state index contributed by atoms with van der Waals surface area (Å²) in [6, 6.07) is 0. The van der Waals surface area contributed by atoms with E-state index in [-0.39, 0.29) is 6.42 Å². The van der Waals surface area contributed by atoms with Gasteiger partial charge in [-0.1, -0.05) is 81.5 Å². The second-order valence-electron chi connectivity index (χ2n) is 4.92. The minimum absolute atomic E-state index is 0.205. The number of aliphatic carboxylic acids is 1. The fraction of sp³-hybridized carbons (Fsp3) is 0.857. The van der Waals surface area contributed by atoms with Crippen molar-refractivity contribution in [3.05, 3.63) is 0 Å². The highest BCUT2D eigenvalue weighted by Crippen LogP contribution is 2.29. The number of carbonyl (C=O) groups excluding carboxylic acids is 1. The minimum atomic E-state index is -1.77. The van der Waals surface area contributed by atoms with Gasteiger partial charge in [0, 0.05) is 0 Å². The zero-order valence-corrected chi connectivity index (χ0v) is 13.1. The fourth-order valence-electron chi connectivity index (χ4n) is 1.93. The van der Waals surface area contributed by atoms with Gasteiger partial charge < -0.3 is 5.11 Å². The largest absolute Gasteiger partial charge is 0.475 e. The number of alkyl halides is 2. The standard InChI is InChI=1S/C14H24Cl2O3/c1-2-3-4-5-6-7-8-9-10-11-14(15,16)12(17)13(18)19/h2-11H2,1H3,(H,18,19). The second kappa shape index (κ2) is 10.5. The predicted molar refractivity (Wildman–Crippen MR) is 78.9 cm³/mol. The average Bonchev–Trinajstić information content (AvgIpc) is 2.35. The Labute approximate surface area is 125 Å². The molecule has 0 heterocycles. The minimum Gasteiger partial charge on any atom is -0.475 e. The molecule has 0 aliphatic rings. The molecule has 0 bridgehead atoms. The molecule has 0 fully saturated rings. The van der Waals surface area contributed by atoms with Crippen LogP contribution in [0.3, 0.4) is 0 Å². The van der Waals surface area contributed by atoms with E-state index in [1.54, 1.807) is 0 Å². The van der Waals surface area contributed by atoms with Gasteiger partial charge in [-0.25, -0.2) is 4.79 Å². The van der Waals surface area contributed by atoms with Gasteiger partial charge in [-0.2, -0.15) is 0 Å². The summed E-state index contributed by atoms with van der Waals surface area (Å²) in [5.74, 6) is -2.70. The Morgan fingerprint density at radius 3 is 1.74 bits per heavy atom. The number of unbranched alkanes of at least 4 members (excludes halogenated alkanes) is 8. The summed E-state index contributed by atoms with van der Waals surface area (Å²) in [7, 11) is 0. The number of ketones is 1. The molecule has 0 unspecified atom stereocenters. The number of carboxylic acids is 1. The summed E-state index contributed by atoms with van der Waals surface area (Å²) in [6.45, 7) is 2.20. The van der Waals surface area contributed by atoms with E-state index in [2.05, 4.69) is 6.92 Å². The molecular weight excluding hydrogens is 287 g/mol. The zero-order chi connectivity index (χ0) is 14.7. The van der Waals surface area contributed by atoms with Gasteiger partial charge in [0.05, 0.1) is 0 Å². The molecule has 3 nitrogen and oxygen atoms in total. The van der Waals surface area contributed by atoms with Gasteiger partial charge in [0.1, 0.15) is 0 Å². The first-order valence-electron chi connectivity index (χ1n) is 7.07. The molecule has 0 aromatic carbocycles. The summed E-state index contributed by atoms with van der Waals surface area (Å²) >= 11 is 11.4. The number of Topliss-reactive ketones (excluding diaryl/α,β-unsaturated/α-hetero) is 1. The van der Waals surface area contributed by atoms with Gasteiger partial charge in [0.2, 0.25) is 0 Å². The van der Waals surface area contributed by atoms with Crippen molar-refractivity contribution in [2.75, 3.05) is 0 Å².